The first kappa shape index (κ1) is 20.4. The molecule has 1 heterocycles. The van der Waals surface area contributed by atoms with Gasteiger partial charge in [0.25, 0.3) is 5.56 Å². The number of nitrogens with one attached hydrogen (secondary N) is 3. The van der Waals surface area contributed by atoms with Crippen molar-refractivity contribution >= 4 is 34.0 Å². The van der Waals surface area contributed by atoms with E-state index in [1.54, 1.807) is 39.0 Å². The number of aromatic nitrogens is 1. The first-order valence-electron chi connectivity index (χ1n) is 9.51. The summed E-state index contributed by atoms with van der Waals surface area (Å²) in [6.45, 7) is 4.99. The molecule has 1 aliphatic carbocycles. The molecule has 0 atom stereocenters. The van der Waals surface area contributed by atoms with Crippen LogP contribution in [0.15, 0.2) is 47.3 Å². The Morgan fingerprint density at radius 3 is 2.69 bits per heavy atom. The van der Waals surface area contributed by atoms with Gasteiger partial charge in [0.15, 0.2) is 0 Å². The molecule has 7 heteroatoms. The molecule has 3 N–H and O–H groups in total. The fourth-order valence-electron chi connectivity index (χ4n) is 3.01. The number of anilines is 1. The Morgan fingerprint density at radius 2 is 2.00 bits per heavy atom. The molecule has 1 aromatic carbocycles. The summed E-state index contributed by atoms with van der Waals surface area (Å²) >= 11 is 0. The van der Waals surface area contributed by atoms with Crippen molar-refractivity contribution in [2.24, 2.45) is 0 Å². The SMILES string of the molecule is CC(C)(C)OC(=O)NCC(=O)Nc1ccc2cc(C3=CC=CCC3)[nH]c(=O)c2c1. The number of aromatic amines is 1. The lowest BCUT2D eigenvalue weighted by Gasteiger charge is -2.19. The minimum atomic E-state index is -0.665. The molecule has 0 spiro atoms. The smallest absolute Gasteiger partial charge is 0.408 e. The van der Waals surface area contributed by atoms with E-state index in [1.165, 1.54) is 0 Å². The number of carbonyl (C=O) groups excluding carboxylic acids is 2. The van der Waals surface area contributed by atoms with Crippen LogP contribution >= 0.6 is 0 Å². The molecule has 2 amide bonds. The largest absolute Gasteiger partial charge is 0.444 e. The standard InChI is InChI=1S/C22H25N3O4/c1-22(2,3)29-21(28)23-13-19(26)24-16-10-9-15-11-18(14-7-5-4-6-8-14)25-20(27)17(15)12-16/h4-5,7,9-12H,6,8,13H2,1-3H3,(H,23,28)(H,24,26)(H,25,27). The van der Waals surface area contributed by atoms with Gasteiger partial charge in [-0.25, -0.2) is 4.79 Å². The van der Waals surface area contributed by atoms with Gasteiger partial charge in [-0.2, -0.15) is 0 Å². The highest BCUT2D eigenvalue weighted by Gasteiger charge is 2.16. The number of allylic oxidation sites excluding steroid dienone is 4. The minimum Gasteiger partial charge on any atom is -0.444 e. The summed E-state index contributed by atoms with van der Waals surface area (Å²) in [6, 6.07) is 7.09. The van der Waals surface area contributed by atoms with Crippen molar-refractivity contribution in [3.05, 3.63) is 58.5 Å². The number of H-pyrrole nitrogens is 1. The van der Waals surface area contributed by atoms with E-state index in [0.29, 0.717) is 11.1 Å². The quantitative estimate of drug-likeness (QED) is 0.734. The van der Waals surface area contributed by atoms with Crippen LogP contribution in [0.4, 0.5) is 10.5 Å². The maximum Gasteiger partial charge on any atom is 0.408 e. The number of fused-ring (bicyclic) bond motifs is 1. The summed E-state index contributed by atoms with van der Waals surface area (Å²) < 4.78 is 5.09. The average Bonchev–Trinajstić information content (AvgIpc) is 2.66. The third kappa shape index (κ3) is 5.57. The second-order valence-electron chi connectivity index (χ2n) is 7.88. The number of benzene rings is 1. The third-order valence-corrected chi connectivity index (χ3v) is 4.28. The predicted octanol–water partition coefficient (Wildman–Crippen LogP) is 3.72. The van der Waals surface area contributed by atoms with Crippen molar-refractivity contribution in [1.82, 2.24) is 10.3 Å². The van der Waals surface area contributed by atoms with Gasteiger partial charge in [-0.1, -0.05) is 24.3 Å². The van der Waals surface area contributed by atoms with Crippen LogP contribution in [0, 0.1) is 0 Å². The maximum absolute atomic E-state index is 12.5. The zero-order valence-corrected chi connectivity index (χ0v) is 16.8. The van der Waals surface area contributed by atoms with Crippen LogP contribution in [-0.4, -0.2) is 29.1 Å². The van der Waals surface area contributed by atoms with Crippen molar-refractivity contribution in [2.75, 3.05) is 11.9 Å². The van der Waals surface area contributed by atoms with Crippen LogP contribution < -0.4 is 16.2 Å². The molecule has 1 aliphatic rings. The van der Waals surface area contributed by atoms with Gasteiger partial charge in [0.1, 0.15) is 12.1 Å². The third-order valence-electron chi connectivity index (χ3n) is 4.28. The normalized spacial score (nSPS) is 13.7. The molecule has 152 valence electrons. The van der Waals surface area contributed by atoms with Crippen LogP contribution in [0.3, 0.4) is 0 Å². The molecule has 0 radical (unpaired) electrons. The van der Waals surface area contributed by atoms with Gasteiger partial charge in [0, 0.05) is 16.8 Å². The van der Waals surface area contributed by atoms with Crippen molar-refractivity contribution in [2.45, 2.75) is 39.2 Å². The summed E-state index contributed by atoms with van der Waals surface area (Å²) in [7, 11) is 0. The second kappa shape index (κ2) is 8.34. The van der Waals surface area contributed by atoms with Gasteiger partial charge in [-0.15, -0.1) is 0 Å². The summed E-state index contributed by atoms with van der Waals surface area (Å²) in [5.41, 5.74) is 1.53. The molecule has 0 fully saturated rings. The number of rotatable bonds is 4. The Bertz CT molecular complexity index is 1060. The van der Waals surface area contributed by atoms with Gasteiger partial charge < -0.3 is 20.4 Å². The monoisotopic (exact) mass is 395 g/mol. The number of amides is 2. The highest BCUT2D eigenvalue weighted by atomic mass is 16.6. The minimum absolute atomic E-state index is 0.212. The average molecular weight is 395 g/mol. The molecule has 7 nitrogen and oxygen atoms in total. The number of pyridine rings is 1. The van der Waals surface area contributed by atoms with Crippen LogP contribution in [-0.2, 0) is 9.53 Å². The summed E-state index contributed by atoms with van der Waals surface area (Å²) in [5, 5.41) is 6.35. The molecule has 0 saturated heterocycles. The van der Waals surface area contributed by atoms with E-state index in [-0.39, 0.29) is 12.1 Å². The molecule has 0 bridgehead atoms. The van der Waals surface area contributed by atoms with Gasteiger partial charge >= 0.3 is 6.09 Å². The van der Waals surface area contributed by atoms with Gasteiger partial charge in [-0.3, -0.25) is 9.59 Å². The number of alkyl carbamates (subject to hydrolysis) is 1. The van der Waals surface area contributed by atoms with Gasteiger partial charge in [-0.05, 0) is 62.8 Å². The summed E-state index contributed by atoms with van der Waals surface area (Å²) in [4.78, 5) is 39.2. The van der Waals surface area contributed by atoms with E-state index in [2.05, 4.69) is 21.7 Å². The zero-order valence-electron chi connectivity index (χ0n) is 16.8. The molecular weight excluding hydrogens is 370 g/mol. The topological polar surface area (TPSA) is 100 Å². The lowest BCUT2D eigenvalue weighted by molar-refractivity contribution is -0.115. The molecule has 3 rings (SSSR count). The van der Waals surface area contributed by atoms with E-state index in [4.69, 9.17) is 4.74 Å². The van der Waals surface area contributed by atoms with E-state index in [1.807, 2.05) is 18.2 Å². The Labute approximate surface area is 168 Å². The fraction of sp³-hybridized carbons (Fsp3) is 0.318. The molecule has 0 saturated carbocycles. The molecule has 2 aromatic rings. The highest BCUT2D eigenvalue weighted by Crippen LogP contribution is 2.24. The van der Waals surface area contributed by atoms with Crippen molar-refractivity contribution < 1.29 is 14.3 Å². The van der Waals surface area contributed by atoms with Crippen molar-refractivity contribution in [1.29, 1.82) is 0 Å². The highest BCUT2D eigenvalue weighted by molar-refractivity contribution is 5.96. The Balaban J connectivity index is 1.70. The van der Waals surface area contributed by atoms with Gasteiger partial charge in [0.2, 0.25) is 5.91 Å². The maximum atomic E-state index is 12.5. The number of ether oxygens (including phenoxy) is 1. The molecule has 29 heavy (non-hydrogen) atoms. The van der Waals surface area contributed by atoms with Crippen molar-refractivity contribution in [3.8, 4) is 0 Å². The van der Waals surface area contributed by atoms with Gasteiger partial charge in [0.05, 0.1) is 0 Å². The Hall–Kier alpha value is -3.35. The van der Waals surface area contributed by atoms with E-state index >= 15 is 0 Å². The fourth-order valence-corrected chi connectivity index (χ4v) is 3.01. The number of carbonyl (C=O) groups is 2. The first-order valence-corrected chi connectivity index (χ1v) is 9.51. The molecule has 1 aromatic heterocycles. The van der Waals surface area contributed by atoms with E-state index in [0.717, 1.165) is 29.5 Å². The molecule has 0 aliphatic heterocycles. The van der Waals surface area contributed by atoms with E-state index in [9.17, 15) is 14.4 Å². The predicted molar refractivity (Wildman–Crippen MR) is 114 cm³/mol. The lowest BCUT2D eigenvalue weighted by atomic mass is 10.00. The van der Waals surface area contributed by atoms with E-state index < -0.39 is 17.6 Å². The van der Waals surface area contributed by atoms with Crippen LogP contribution in [0.25, 0.3) is 16.3 Å². The second-order valence-corrected chi connectivity index (χ2v) is 7.88. The molecule has 0 unspecified atom stereocenters. The molecular formula is C22H25N3O4. The lowest BCUT2D eigenvalue weighted by Crippen LogP contribution is -2.37. The first-order chi connectivity index (χ1) is 13.7. The Morgan fingerprint density at radius 1 is 1.21 bits per heavy atom. The number of hydrogen-bond donors (Lipinski definition) is 3. The van der Waals surface area contributed by atoms with Crippen LogP contribution in [0.2, 0.25) is 0 Å². The summed E-state index contributed by atoms with van der Waals surface area (Å²) in [6.07, 6.45) is 7.26. The number of hydrogen-bond acceptors (Lipinski definition) is 4. The zero-order chi connectivity index (χ0) is 21.0. The van der Waals surface area contributed by atoms with Crippen LogP contribution in [0.5, 0.6) is 0 Å². The van der Waals surface area contributed by atoms with Crippen molar-refractivity contribution in [3.63, 3.8) is 0 Å². The Kier molecular flexibility index (Phi) is 5.87. The van der Waals surface area contributed by atoms with Crippen LogP contribution in [0.1, 0.15) is 39.3 Å². The summed E-state index contributed by atoms with van der Waals surface area (Å²) in [5.74, 6) is -0.414.